The summed E-state index contributed by atoms with van der Waals surface area (Å²) in [6, 6.07) is 7.73. The molecule has 0 radical (unpaired) electrons. The molecule has 1 fully saturated rings. The standard InChI is InChI=1S/C20H27FN2OS/c1-3-24-15-20(9-8-18-6-7-19(21)25-18)10-11-23(14-20)13-17-5-4-16(2)22-12-17/h4-7,12H,3,8-11,13-15H2,1-2H3. The van der Waals surface area contributed by atoms with Crippen molar-refractivity contribution in [1.29, 1.82) is 0 Å². The number of hydrogen-bond donors (Lipinski definition) is 0. The first-order chi connectivity index (χ1) is 12.1. The summed E-state index contributed by atoms with van der Waals surface area (Å²) < 4.78 is 19.1. The van der Waals surface area contributed by atoms with Gasteiger partial charge in [0.05, 0.1) is 6.61 Å². The van der Waals surface area contributed by atoms with E-state index in [4.69, 9.17) is 4.74 Å². The minimum atomic E-state index is -0.0891. The molecule has 136 valence electrons. The Bertz CT molecular complexity index is 673. The van der Waals surface area contributed by atoms with Crippen molar-refractivity contribution < 1.29 is 9.13 Å². The van der Waals surface area contributed by atoms with Crippen LogP contribution in [0.5, 0.6) is 0 Å². The molecule has 1 aliphatic rings. The van der Waals surface area contributed by atoms with Gasteiger partial charge in [-0.3, -0.25) is 9.88 Å². The van der Waals surface area contributed by atoms with Gasteiger partial charge in [-0.25, -0.2) is 0 Å². The van der Waals surface area contributed by atoms with Crippen molar-refractivity contribution in [2.24, 2.45) is 5.41 Å². The molecule has 1 saturated heterocycles. The van der Waals surface area contributed by atoms with E-state index >= 15 is 0 Å². The number of ether oxygens (including phenoxy) is 1. The van der Waals surface area contributed by atoms with Gasteiger partial charge in [0.15, 0.2) is 5.13 Å². The lowest BCUT2D eigenvalue weighted by molar-refractivity contribution is 0.0490. The van der Waals surface area contributed by atoms with Crippen LogP contribution >= 0.6 is 11.3 Å². The van der Waals surface area contributed by atoms with Crippen LogP contribution in [0.1, 0.15) is 35.9 Å². The predicted octanol–water partition coefficient (Wildman–Crippen LogP) is 4.45. The Kier molecular flexibility index (Phi) is 6.20. The normalized spacial score (nSPS) is 21.1. The van der Waals surface area contributed by atoms with E-state index in [0.717, 1.165) is 62.7 Å². The molecule has 2 aromatic rings. The van der Waals surface area contributed by atoms with E-state index in [-0.39, 0.29) is 10.5 Å². The summed E-state index contributed by atoms with van der Waals surface area (Å²) in [6.07, 6.45) is 5.10. The first-order valence-electron chi connectivity index (χ1n) is 9.04. The second-order valence-electron chi connectivity index (χ2n) is 7.11. The number of aryl methyl sites for hydroxylation is 2. The van der Waals surface area contributed by atoms with E-state index < -0.39 is 0 Å². The van der Waals surface area contributed by atoms with E-state index in [0.29, 0.717) is 0 Å². The molecule has 1 atom stereocenters. The van der Waals surface area contributed by atoms with Crippen LogP contribution in [0.2, 0.25) is 0 Å². The summed E-state index contributed by atoms with van der Waals surface area (Å²) in [6.45, 7) is 8.66. The molecular formula is C20H27FN2OS. The van der Waals surface area contributed by atoms with Crippen LogP contribution in [0.25, 0.3) is 0 Å². The van der Waals surface area contributed by atoms with Crippen LogP contribution in [0.15, 0.2) is 30.5 Å². The molecule has 1 aliphatic heterocycles. The van der Waals surface area contributed by atoms with Crippen molar-refractivity contribution in [2.45, 2.75) is 39.7 Å². The fourth-order valence-corrected chi connectivity index (χ4v) is 4.33. The third kappa shape index (κ3) is 5.09. The molecule has 0 N–H and O–H groups in total. The van der Waals surface area contributed by atoms with Crippen LogP contribution in [-0.2, 0) is 17.7 Å². The maximum absolute atomic E-state index is 13.2. The number of halogens is 1. The molecule has 3 rings (SSSR count). The monoisotopic (exact) mass is 362 g/mol. The van der Waals surface area contributed by atoms with Gasteiger partial charge in [0.25, 0.3) is 0 Å². The molecule has 0 saturated carbocycles. The van der Waals surface area contributed by atoms with Crippen LogP contribution < -0.4 is 0 Å². The van der Waals surface area contributed by atoms with E-state index in [9.17, 15) is 4.39 Å². The van der Waals surface area contributed by atoms with Gasteiger partial charge in [0, 0.05) is 41.9 Å². The van der Waals surface area contributed by atoms with Crippen LogP contribution in [-0.4, -0.2) is 36.2 Å². The highest BCUT2D eigenvalue weighted by molar-refractivity contribution is 7.10. The van der Waals surface area contributed by atoms with Gasteiger partial charge in [-0.2, -0.15) is 4.39 Å². The maximum Gasteiger partial charge on any atom is 0.176 e. The van der Waals surface area contributed by atoms with E-state index in [1.165, 1.54) is 16.9 Å². The molecule has 0 aliphatic carbocycles. The third-order valence-corrected chi connectivity index (χ3v) is 5.97. The Hall–Kier alpha value is -1.30. The van der Waals surface area contributed by atoms with Gasteiger partial charge in [-0.05, 0) is 63.4 Å². The van der Waals surface area contributed by atoms with Crippen molar-refractivity contribution in [2.75, 3.05) is 26.3 Å². The lowest BCUT2D eigenvalue weighted by atomic mass is 9.83. The van der Waals surface area contributed by atoms with Gasteiger partial charge in [-0.15, -0.1) is 11.3 Å². The number of pyridine rings is 1. The molecule has 5 heteroatoms. The lowest BCUT2D eigenvalue weighted by Gasteiger charge is -2.29. The summed E-state index contributed by atoms with van der Waals surface area (Å²) in [5.41, 5.74) is 2.49. The van der Waals surface area contributed by atoms with Gasteiger partial charge >= 0.3 is 0 Å². The second-order valence-corrected chi connectivity index (χ2v) is 8.23. The third-order valence-electron chi connectivity index (χ3n) is 5.04. The number of aromatic nitrogens is 1. The Labute approximate surface area is 153 Å². The minimum Gasteiger partial charge on any atom is -0.381 e. The Morgan fingerprint density at radius 1 is 1.32 bits per heavy atom. The van der Waals surface area contributed by atoms with Crippen LogP contribution in [0, 0.1) is 17.5 Å². The molecule has 3 nitrogen and oxygen atoms in total. The Morgan fingerprint density at radius 3 is 2.88 bits per heavy atom. The zero-order chi connectivity index (χ0) is 17.7. The SMILES string of the molecule is CCOCC1(CCc2ccc(F)s2)CCN(Cc2ccc(C)nc2)C1. The van der Waals surface area contributed by atoms with Crippen molar-refractivity contribution >= 4 is 11.3 Å². The van der Waals surface area contributed by atoms with Crippen molar-refractivity contribution in [3.05, 3.63) is 51.7 Å². The van der Waals surface area contributed by atoms with Crippen LogP contribution in [0.4, 0.5) is 4.39 Å². The zero-order valence-electron chi connectivity index (χ0n) is 15.1. The molecule has 1 unspecified atom stereocenters. The van der Waals surface area contributed by atoms with Crippen LogP contribution in [0.3, 0.4) is 0 Å². The Morgan fingerprint density at radius 2 is 2.20 bits per heavy atom. The van der Waals surface area contributed by atoms with Crippen molar-refractivity contribution in [3.8, 4) is 0 Å². The molecule has 2 aromatic heterocycles. The molecular weight excluding hydrogens is 335 g/mol. The predicted molar refractivity (Wildman–Crippen MR) is 100 cm³/mol. The first-order valence-corrected chi connectivity index (χ1v) is 9.86. The summed E-state index contributed by atoms with van der Waals surface area (Å²) in [4.78, 5) is 8.03. The Balaban J connectivity index is 1.61. The van der Waals surface area contributed by atoms with Gasteiger partial charge in [-0.1, -0.05) is 6.07 Å². The maximum atomic E-state index is 13.2. The molecule has 0 amide bonds. The number of likely N-dealkylation sites (tertiary alicyclic amines) is 1. The summed E-state index contributed by atoms with van der Waals surface area (Å²) in [5.74, 6) is 0. The van der Waals surface area contributed by atoms with E-state index in [1.54, 1.807) is 6.07 Å². The number of hydrogen-bond acceptors (Lipinski definition) is 4. The first kappa shape index (κ1) is 18.5. The molecule has 0 aromatic carbocycles. The van der Waals surface area contributed by atoms with Gasteiger partial charge in [0.1, 0.15) is 0 Å². The van der Waals surface area contributed by atoms with Gasteiger partial charge < -0.3 is 4.74 Å². The zero-order valence-corrected chi connectivity index (χ0v) is 15.9. The number of rotatable bonds is 8. The molecule has 0 spiro atoms. The fourth-order valence-electron chi connectivity index (χ4n) is 3.60. The average molecular weight is 363 g/mol. The number of thiophene rings is 1. The summed E-state index contributed by atoms with van der Waals surface area (Å²) >= 11 is 1.27. The topological polar surface area (TPSA) is 25.4 Å². The minimum absolute atomic E-state index is 0.0891. The molecule has 3 heterocycles. The number of nitrogens with zero attached hydrogens (tertiary/aromatic N) is 2. The lowest BCUT2D eigenvalue weighted by Crippen LogP contribution is -2.32. The quantitative estimate of drug-likeness (QED) is 0.694. The highest BCUT2D eigenvalue weighted by Crippen LogP contribution is 2.37. The summed E-state index contributed by atoms with van der Waals surface area (Å²) in [7, 11) is 0. The highest BCUT2D eigenvalue weighted by Gasteiger charge is 2.38. The highest BCUT2D eigenvalue weighted by atomic mass is 32.1. The largest absolute Gasteiger partial charge is 0.381 e. The molecule has 25 heavy (non-hydrogen) atoms. The second kappa shape index (κ2) is 8.39. The average Bonchev–Trinajstić information content (AvgIpc) is 3.20. The molecule has 0 bridgehead atoms. The van der Waals surface area contributed by atoms with E-state index in [1.807, 2.05) is 26.1 Å². The summed E-state index contributed by atoms with van der Waals surface area (Å²) in [5, 5.41) is -0.0891. The smallest absolute Gasteiger partial charge is 0.176 e. The van der Waals surface area contributed by atoms with E-state index in [2.05, 4.69) is 22.0 Å². The van der Waals surface area contributed by atoms with Gasteiger partial charge in [0.2, 0.25) is 0 Å². The van der Waals surface area contributed by atoms with Crippen molar-refractivity contribution in [3.63, 3.8) is 0 Å². The fraction of sp³-hybridized carbons (Fsp3) is 0.550. The van der Waals surface area contributed by atoms with Crippen molar-refractivity contribution in [1.82, 2.24) is 9.88 Å².